The van der Waals surface area contributed by atoms with Crippen LogP contribution in [0.15, 0.2) is 24.3 Å². The van der Waals surface area contributed by atoms with E-state index in [0.29, 0.717) is 13.0 Å². The summed E-state index contributed by atoms with van der Waals surface area (Å²) in [5.41, 5.74) is -0.877. The van der Waals surface area contributed by atoms with Crippen molar-refractivity contribution in [2.45, 2.75) is 24.7 Å². The molecule has 1 heterocycles. The van der Waals surface area contributed by atoms with Gasteiger partial charge in [0, 0.05) is 20.1 Å². The molecule has 1 amide bonds. The number of aliphatic hydroxyl groups is 1. The number of carbonyl (C=O) groups excluding carboxylic acids is 1. The molecule has 0 spiro atoms. The minimum Gasteiger partial charge on any atom is -0.490 e. The Morgan fingerprint density at radius 3 is 2.67 bits per heavy atom. The van der Waals surface area contributed by atoms with Crippen LogP contribution in [0.5, 0.6) is 5.75 Å². The molecule has 1 aromatic carbocycles. The number of rotatable bonds is 6. The summed E-state index contributed by atoms with van der Waals surface area (Å²) in [6.45, 7) is 0.506. The lowest BCUT2D eigenvalue weighted by atomic mass is 10.2. The Kier molecular flexibility index (Phi) is 5.71. The monoisotopic (exact) mass is 346 g/mol. The number of carbonyl (C=O) groups is 1. The summed E-state index contributed by atoms with van der Waals surface area (Å²) in [5.74, 6) is -0.337. The van der Waals surface area contributed by atoms with Gasteiger partial charge in [-0.2, -0.15) is 13.2 Å². The largest absolute Gasteiger partial charge is 0.490 e. The number of nitrogens with zero attached hydrogens (tertiary/aromatic N) is 2. The van der Waals surface area contributed by atoms with Crippen molar-refractivity contribution in [3.63, 3.8) is 0 Å². The maximum Gasteiger partial charge on any atom is 0.419 e. The number of alkyl halides is 3. The van der Waals surface area contributed by atoms with Crippen molar-refractivity contribution in [1.82, 2.24) is 9.80 Å². The molecule has 0 bridgehead atoms. The van der Waals surface area contributed by atoms with Crippen LogP contribution in [0.2, 0.25) is 0 Å². The summed E-state index contributed by atoms with van der Waals surface area (Å²) in [6.07, 6.45) is -4.86. The van der Waals surface area contributed by atoms with Crippen molar-refractivity contribution in [2.75, 3.05) is 33.8 Å². The van der Waals surface area contributed by atoms with Crippen LogP contribution in [0.25, 0.3) is 0 Å². The Morgan fingerprint density at radius 2 is 2.08 bits per heavy atom. The van der Waals surface area contributed by atoms with E-state index in [9.17, 15) is 23.1 Å². The molecule has 2 rings (SSSR count). The molecule has 0 unspecified atom stereocenters. The molecule has 24 heavy (non-hydrogen) atoms. The van der Waals surface area contributed by atoms with Gasteiger partial charge in [-0.15, -0.1) is 0 Å². The van der Waals surface area contributed by atoms with Crippen molar-refractivity contribution in [2.24, 2.45) is 0 Å². The fourth-order valence-corrected chi connectivity index (χ4v) is 2.74. The average Bonchev–Trinajstić information content (AvgIpc) is 2.84. The molecule has 8 heteroatoms. The van der Waals surface area contributed by atoms with E-state index < -0.39 is 17.8 Å². The molecule has 134 valence electrons. The van der Waals surface area contributed by atoms with E-state index in [2.05, 4.69) is 0 Å². The molecule has 2 atom stereocenters. The van der Waals surface area contributed by atoms with Crippen LogP contribution in [0.3, 0.4) is 0 Å². The van der Waals surface area contributed by atoms with Gasteiger partial charge in [-0.25, -0.2) is 0 Å². The number of halogens is 3. The number of hydrogen-bond donors (Lipinski definition) is 1. The van der Waals surface area contributed by atoms with E-state index in [-0.39, 0.29) is 30.9 Å². The van der Waals surface area contributed by atoms with Crippen molar-refractivity contribution in [3.8, 4) is 5.75 Å². The fraction of sp³-hybridized carbons (Fsp3) is 0.562. The number of amides is 1. The van der Waals surface area contributed by atoms with Gasteiger partial charge in [0.2, 0.25) is 5.91 Å². The zero-order valence-electron chi connectivity index (χ0n) is 13.6. The predicted molar refractivity (Wildman–Crippen MR) is 81.6 cm³/mol. The fourth-order valence-electron chi connectivity index (χ4n) is 2.74. The number of hydrogen-bond acceptors (Lipinski definition) is 4. The second-order valence-electron chi connectivity index (χ2n) is 5.96. The lowest BCUT2D eigenvalue weighted by Crippen LogP contribution is -2.43. The summed E-state index contributed by atoms with van der Waals surface area (Å²) < 4.78 is 43.8. The Labute approximate surface area is 138 Å². The molecule has 1 aliphatic rings. The van der Waals surface area contributed by atoms with Gasteiger partial charge in [0.15, 0.2) is 0 Å². The third-order valence-corrected chi connectivity index (χ3v) is 4.05. The Bertz CT molecular complexity index is 580. The molecule has 1 saturated heterocycles. The average molecular weight is 346 g/mol. The molecule has 1 aromatic rings. The van der Waals surface area contributed by atoms with Crippen LogP contribution in [0.1, 0.15) is 12.0 Å². The SMILES string of the molecule is CN1CC[C@@H](N(C)C[C@H](O)COc2ccccc2C(F)(F)F)C1=O. The highest BCUT2D eigenvalue weighted by Crippen LogP contribution is 2.35. The second-order valence-corrected chi connectivity index (χ2v) is 5.96. The van der Waals surface area contributed by atoms with Crippen LogP contribution in [0, 0.1) is 0 Å². The normalized spacial score (nSPS) is 19.9. The van der Waals surface area contributed by atoms with Gasteiger partial charge in [0.05, 0.1) is 11.6 Å². The lowest BCUT2D eigenvalue weighted by molar-refractivity contribution is -0.139. The molecule has 0 aromatic heterocycles. The summed E-state index contributed by atoms with van der Waals surface area (Å²) in [7, 11) is 3.42. The Morgan fingerprint density at radius 1 is 1.42 bits per heavy atom. The molecule has 0 radical (unpaired) electrons. The van der Waals surface area contributed by atoms with Crippen LogP contribution in [0.4, 0.5) is 13.2 Å². The molecule has 1 aliphatic heterocycles. The van der Waals surface area contributed by atoms with Crippen molar-refractivity contribution >= 4 is 5.91 Å². The number of aliphatic hydroxyl groups excluding tert-OH is 1. The third-order valence-electron chi connectivity index (χ3n) is 4.05. The molecule has 1 N–H and O–H groups in total. The molecule has 5 nitrogen and oxygen atoms in total. The zero-order valence-corrected chi connectivity index (χ0v) is 13.6. The minimum absolute atomic E-state index is 0.0203. The van der Waals surface area contributed by atoms with Gasteiger partial charge in [0.25, 0.3) is 0 Å². The first-order valence-electron chi connectivity index (χ1n) is 7.62. The first-order chi connectivity index (χ1) is 11.2. The highest BCUT2D eigenvalue weighted by Gasteiger charge is 2.35. The Balaban J connectivity index is 1.90. The summed E-state index contributed by atoms with van der Waals surface area (Å²) in [4.78, 5) is 15.2. The summed E-state index contributed by atoms with van der Waals surface area (Å²) >= 11 is 0. The second kappa shape index (κ2) is 7.40. The maximum atomic E-state index is 12.9. The van der Waals surface area contributed by atoms with Gasteiger partial charge in [-0.1, -0.05) is 12.1 Å². The van der Waals surface area contributed by atoms with E-state index >= 15 is 0 Å². The first-order valence-corrected chi connectivity index (χ1v) is 7.62. The van der Waals surface area contributed by atoms with E-state index in [4.69, 9.17) is 4.74 Å². The smallest absolute Gasteiger partial charge is 0.419 e. The summed E-state index contributed by atoms with van der Waals surface area (Å²) in [6, 6.07) is 4.56. The Hall–Kier alpha value is -1.80. The summed E-state index contributed by atoms with van der Waals surface area (Å²) in [5, 5.41) is 10.0. The van der Waals surface area contributed by atoms with E-state index in [1.165, 1.54) is 18.2 Å². The molecule has 0 saturated carbocycles. The van der Waals surface area contributed by atoms with E-state index in [1.807, 2.05) is 0 Å². The van der Waals surface area contributed by atoms with Crippen molar-refractivity contribution in [1.29, 1.82) is 0 Å². The van der Waals surface area contributed by atoms with Gasteiger partial charge < -0.3 is 14.7 Å². The molecular weight excluding hydrogens is 325 g/mol. The molecule has 0 aliphatic carbocycles. The van der Waals surface area contributed by atoms with Gasteiger partial charge in [0.1, 0.15) is 18.5 Å². The quantitative estimate of drug-likeness (QED) is 0.850. The van der Waals surface area contributed by atoms with Gasteiger partial charge in [-0.3, -0.25) is 9.69 Å². The maximum absolute atomic E-state index is 12.9. The molecule has 1 fully saturated rings. The number of benzene rings is 1. The number of likely N-dealkylation sites (N-methyl/N-ethyl adjacent to an activating group) is 2. The number of likely N-dealkylation sites (tertiary alicyclic amines) is 1. The lowest BCUT2D eigenvalue weighted by Gasteiger charge is -2.25. The number of ether oxygens (including phenoxy) is 1. The van der Waals surface area contributed by atoms with Crippen LogP contribution < -0.4 is 4.74 Å². The third kappa shape index (κ3) is 4.39. The minimum atomic E-state index is -4.51. The molecular formula is C16H21F3N2O3. The predicted octanol–water partition coefficient (Wildman–Crippen LogP) is 1.61. The zero-order chi connectivity index (χ0) is 17.9. The van der Waals surface area contributed by atoms with Crippen LogP contribution in [-0.4, -0.2) is 66.8 Å². The van der Waals surface area contributed by atoms with E-state index in [1.54, 1.807) is 23.9 Å². The number of para-hydroxylation sites is 1. The van der Waals surface area contributed by atoms with Crippen LogP contribution in [-0.2, 0) is 11.0 Å². The van der Waals surface area contributed by atoms with E-state index in [0.717, 1.165) is 6.07 Å². The highest BCUT2D eigenvalue weighted by atomic mass is 19.4. The standard InChI is InChI=1S/C16H21F3N2O3/c1-20-8-7-13(15(20)23)21(2)9-11(22)10-24-14-6-4-3-5-12(14)16(17,18)19/h3-6,11,13,22H,7-10H2,1-2H3/t11-,13+/m0/s1. The van der Waals surface area contributed by atoms with Gasteiger partial charge in [-0.05, 0) is 25.6 Å². The topological polar surface area (TPSA) is 53.0 Å². The van der Waals surface area contributed by atoms with Gasteiger partial charge >= 0.3 is 6.18 Å². The highest BCUT2D eigenvalue weighted by molar-refractivity contribution is 5.83. The first kappa shape index (κ1) is 18.5. The van der Waals surface area contributed by atoms with Crippen molar-refractivity contribution < 1.29 is 27.8 Å². The van der Waals surface area contributed by atoms with Crippen LogP contribution >= 0.6 is 0 Å². The van der Waals surface area contributed by atoms with Crippen molar-refractivity contribution in [3.05, 3.63) is 29.8 Å².